The summed E-state index contributed by atoms with van der Waals surface area (Å²) < 4.78 is 0. The van der Waals surface area contributed by atoms with Gasteiger partial charge in [-0.15, -0.1) is 0 Å². The lowest BCUT2D eigenvalue weighted by atomic mass is 10.0. The van der Waals surface area contributed by atoms with E-state index in [1.54, 1.807) is 0 Å². The van der Waals surface area contributed by atoms with Crippen molar-refractivity contribution in [1.82, 2.24) is 10.2 Å². The van der Waals surface area contributed by atoms with Gasteiger partial charge in [-0.1, -0.05) is 18.2 Å². The minimum atomic E-state index is 0.823. The number of nitrogens with one attached hydrogen (secondary N) is 1. The largest absolute Gasteiger partial charge is 0.313 e. The fourth-order valence-corrected chi connectivity index (χ4v) is 2.19. The van der Waals surface area contributed by atoms with Crippen molar-refractivity contribution in [3.05, 3.63) is 34.9 Å². The first-order valence-corrected chi connectivity index (χ1v) is 6.64. The number of aryl methyl sites for hydroxylation is 2. The van der Waals surface area contributed by atoms with Crippen molar-refractivity contribution in [2.45, 2.75) is 39.3 Å². The first kappa shape index (κ1) is 12.6. The number of rotatable bonds is 6. The van der Waals surface area contributed by atoms with Gasteiger partial charge in [0.15, 0.2) is 0 Å². The first-order valence-electron chi connectivity index (χ1n) is 6.64. The second-order valence-electron chi connectivity index (χ2n) is 5.34. The van der Waals surface area contributed by atoms with Crippen LogP contribution in [0.4, 0.5) is 0 Å². The summed E-state index contributed by atoms with van der Waals surface area (Å²) in [5.41, 5.74) is 4.31. The molecule has 0 aliphatic heterocycles. The Hall–Kier alpha value is -0.860. The molecule has 0 unspecified atom stereocenters. The summed E-state index contributed by atoms with van der Waals surface area (Å²) in [4.78, 5) is 2.41. The van der Waals surface area contributed by atoms with Crippen LogP contribution < -0.4 is 5.32 Å². The lowest BCUT2D eigenvalue weighted by Crippen LogP contribution is -2.30. The van der Waals surface area contributed by atoms with Crippen molar-refractivity contribution < 1.29 is 0 Å². The molecule has 0 spiro atoms. The molecular weight excluding hydrogens is 208 g/mol. The molecule has 2 heteroatoms. The van der Waals surface area contributed by atoms with Crippen LogP contribution in [0.25, 0.3) is 0 Å². The molecule has 0 aromatic heterocycles. The van der Waals surface area contributed by atoms with Gasteiger partial charge in [-0.2, -0.15) is 0 Å². The Morgan fingerprint density at radius 1 is 1.24 bits per heavy atom. The van der Waals surface area contributed by atoms with Gasteiger partial charge < -0.3 is 10.2 Å². The van der Waals surface area contributed by atoms with E-state index in [4.69, 9.17) is 0 Å². The molecule has 2 rings (SSSR count). The molecule has 0 heterocycles. The lowest BCUT2D eigenvalue weighted by molar-refractivity contribution is 0.322. The van der Waals surface area contributed by atoms with E-state index in [2.05, 4.69) is 49.3 Å². The Bertz CT molecular complexity index is 349. The maximum Gasteiger partial charge on any atom is 0.0236 e. The number of likely N-dealkylation sites (N-methyl/N-ethyl adjacent to an activating group) is 1. The SMILES string of the molecule is Cc1cccc(C)c1CN(C)CCNC1CC1. The van der Waals surface area contributed by atoms with Gasteiger partial charge in [0.1, 0.15) is 0 Å². The van der Waals surface area contributed by atoms with Gasteiger partial charge >= 0.3 is 0 Å². The Balaban J connectivity index is 1.81. The van der Waals surface area contributed by atoms with E-state index >= 15 is 0 Å². The van der Waals surface area contributed by atoms with Gasteiger partial charge in [0.05, 0.1) is 0 Å². The van der Waals surface area contributed by atoms with Crippen LogP contribution in [-0.2, 0) is 6.54 Å². The van der Waals surface area contributed by atoms with Crippen molar-refractivity contribution in [1.29, 1.82) is 0 Å². The molecule has 1 fully saturated rings. The minimum absolute atomic E-state index is 0.823. The van der Waals surface area contributed by atoms with Crippen molar-refractivity contribution in [2.24, 2.45) is 0 Å². The van der Waals surface area contributed by atoms with Crippen molar-refractivity contribution >= 4 is 0 Å². The first-order chi connectivity index (χ1) is 8.16. The molecule has 17 heavy (non-hydrogen) atoms. The highest BCUT2D eigenvalue weighted by Gasteiger charge is 2.19. The molecule has 1 aliphatic carbocycles. The topological polar surface area (TPSA) is 15.3 Å². The highest BCUT2D eigenvalue weighted by Crippen LogP contribution is 2.18. The molecule has 1 aromatic carbocycles. The summed E-state index contributed by atoms with van der Waals surface area (Å²) in [5.74, 6) is 0. The third kappa shape index (κ3) is 3.83. The zero-order chi connectivity index (χ0) is 12.3. The van der Waals surface area contributed by atoms with Crippen LogP contribution in [0.2, 0.25) is 0 Å². The number of benzene rings is 1. The van der Waals surface area contributed by atoms with Crippen molar-refractivity contribution in [3.8, 4) is 0 Å². The normalized spacial score (nSPS) is 15.5. The second-order valence-corrected chi connectivity index (χ2v) is 5.34. The average molecular weight is 232 g/mol. The van der Waals surface area contributed by atoms with E-state index in [9.17, 15) is 0 Å². The molecule has 1 saturated carbocycles. The maximum absolute atomic E-state index is 3.56. The molecule has 0 radical (unpaired) electrons. The van der Waals surface area contributed by atoms with E-state index in [1.807, 2.05) is 0 Å². The summed E-state index contributed by atoms with van der Waals surface area (Å²) in [6.45, 7) is 7.72. The Morgan fingerprint density at radius 3 is 2.47 bits per heavy atom. The fraction of sp³-hybridized carbons (Fsp3) is 0.600. The highest BCUT2D eigenvalue weighted by atomic mass is 15.1. The summed E-state index contributed by atoms with van der Waals surface area (Å²) in [6.07, 6.45) is 2.75. The zero-order valence-corrected chi connectivity index (χ0v) is 11.3. The number of hydrogen-bond acceptors (Lipinski definition) is 2. The Morgan fingerprint density at radius 2 is 1.88 bits per heavy atom. The van der Waals surface area contributed by atoms with Gasteiger partial charge in [-0.05, 0) is 50.4 Å². The van der Waals surface area contributed by atoms with E-state index in [1.165, 1.54) is 29.5 Å². The predicted octanol–water partition coefficient (Wildman–Crippen LogP) is 2.49. The molecule has 1 N–H and O–H groups in total. The smallest absolute Gasteiger partial charge is 0.0236 e. The monoisotopic (exact) mass is 232 g/mol. The van der Waals surface area contributed by atoms with E-state index in [0.29, 0.717) is 0 Å². The van der Waals surface area contributed by atoms with Gasteiger partial charge in [-0.25, -0.2) is 0 Å². The fourth-order valence-electron chi connectivity index (χ4n) is 2.19. The van der Waals surface area contributed by atoms with Crippen LogP contribution in [0.15, 0.2) is 18.2 Å². The molecule has 0 amide bonds. The summed E-state index contributed by atoms with van der Waals surface area (Å²) in [5, 5.41) is 3.56. The van der Waals surface area contributed by atoms with Gasteiger partial charge in [0.2, 0.25) is 0 Å². The maximum atomic E-state index is 3.56. The molecule has 0 atom stereocenters. The molecule has 94 valence electrons. The van der Waals surface area contributed by atoms with Gasteiger partial charge in [-0.3, -0.25) is 0 Å². The van der Waals surface area contributed by atoms with Crippen molar-refractivity contribution in [3.63, 3.8) is 0 Å². The number of hydrogen-bond donors (Lipinski definition) is 1. The Labute approximate surface area is 105 Å². The molecule has 0 bridgehead atoms. The quantitative estimate of drug-likeness (QED) is 0.810. The van der Waals surface area contributed by atoms with Crippen LogP contribution in [0.3, 0.4) is 0 Å². The minimum Gasteiger partial charge on any atom is -0.313 e. The average Bonchev–Trinajstić information content (AvgIpc) is 3.08. The van der Waals surface area contributed by atoms with Crippen LogP contribution in [-0.4, -0.2) is 31.1 Å². The summed E-state index contributed by atoms with van der Waals surface area (Å²) >= 11 is 0. The van der Waals surface area contributed by atoms with Crippen LogP contribution in [0.5, 0.6) is 0 Å². The molecule has 1 aromatic rings. The number of nitrogens with zero attached hydrogens (tertiary/aromatic N) is 1. The van der Waals surface area contributed by atoms with Crippen LogP contribution >= 0.6 is 0 Å². The summed E-state index contributed by atoms with van der Waals surface area (Å²) in [6, 6.07) is 7.38. The Kier molecular flexibility index (Phi) is 4.19. The highest BCUT2D eigenvalue weighted by molar-refractivity contribution is 5.33. The van der Waals surface area contributed by atoms with Crippen LogP contribution in [0, 0.1) is 13.8 Å². The van der Waals surface area contributed by atoms with E-state index < -0.39 is 0 Å². The van der Waals surface area contributed by atoms with Crippen molar-refractivity contribution in [2.75, 3.05) is 20.1 Å². The third-order valence-corrected chi connectivity index (χ3v) is 3.58. The molecule has 0 saturated heterocycles. The molecule has 2 nitrogen and oxygen atoms in total. The van der Waals surface area contributed by atoms with Crippen LogP contribution in [0.1, 0.15) is 29.5 Å². The predicted molar refractivity (Wildman–Crippen MR) is 73.3 cm³/mol. The zero-order valence-electron chi connectivity index (χ0n) is 11.3. The summed E-state index contributed by atoms with van der Waals surface area (Å²) in [7, 11) is 2.21. The standard InChI is InChI=1S/C15H24N2/c1-12-5-4-6-13(2)15(12)11-17(3)10-9-16-14-7-8-14/h4-6,14,16H,7-11H2,1-3H3. The van der Waals surface area contributed by atoms with E-state index in [0.717, 1.165) is 25.7 Å². The third-order valence-electron chi connectivity index (χ3n) is 3.58. The lowest BCUT2D eigenvalue weighted by Gasteiger charge is -2.19. The van der Waals surface area contributed by atoms with E-state index in [-0.39, 0.29) is 0 Å². The molecular formula is C15H24N2. The van der Waals surface area contributed by atoms with Gasteiger partial charge in [0, 0.05) is 25.7 Å². The molecule has 1 aliphatic rings. The van der Waals surface area contributed by atoms with Gasteiger partial charge in [0.25, 0.3) is 0 Å². The second kappa shape index (κ2) is 5.65.